The molecule has 3 aliphatic rings. The van der Waals surface area contributed by atoms with Crippen molar-refractivity contribution in [3.05, 3.63) is 35.6 Å². The van der Waals surface area contributed by atoms with Crippen LogP contribution in [0.15, 0.2) is 24.3 Å². The highest BCUT2D eigenvalue weighted by Gasteiger charge is 2.43. The van der Waals surface area contributed by atoms with Gasteiger partial charge in [0.15, 0.2) is 9.84 Å². The summed E-state index contributed by atoms with van der Waals surface area (Å²) in [4.78, 5) is 26.8. The molecule has 1 saturated carbocycles. The average Bonchev–Trinajstić information content (AvgIpc) is 3.39. The lowest BCUT2D eigenvalue weighted by atomic mass is 9.78. The van der Waals surface area contributed by atoms with Gasteiger partial charge in [0.05, 0.1) is 17.4 Å². The number of nitrogens with zero attached hydrogens (tertiary/aromatic N) is 1. The van der Waals surface area contributed by atoms with Crippen LogP contribution < -0.4 is 5.32 Å². The van der Waals surface area contributed by atoms with Crippen molar-refractivity contribution in [3.63, 3.8) is 0 Å². The van der Waals surface area contributed by atoms with Crippen LogP contribution in [-0.2, 0) is 24.8 Å². The van der Waals surface area contributed by atoms with Gasteiger partial charge in [0.1, 0.15) is 5.82 Å². The Balaban J connectivity index is 1.39. The molecule has 158 valence electrons. The highest BCUT2D eigenvalue weighted by atomic mass is 32.2. The Labute approximate surface area is 170 Å². The molecule has 0 unspecified atom stereocenters. The summed E-state index contributed by atoms with van der Waals surface area (Å²) in [6.07, 6.45) is 4.60. The lowest BCUT2D eigenvalue weighted by Gasteiger charge is -2.30. The number of hydrogen-bond acceptors (Lipinski definition) is 4. The second-order valence-corrected chi connectivity index (χ2v) is 10.9. The monoisotopic (exact) mass is 422 g/mol. The Morgan fingerprint density at radius 2 is 1.90 bits per heavy atom. The average molecular weight is 423 g/mol. The smallest absolute Gasteiger partial charge is 0.225 e. The highest BCUT2D eigenvalue weighted by molar-refractivity contribution is 7.91. The maximum atomic E-state index is 13.3. The molecule has 1 N–H and O–H groups in total. The predicted molar refractivity (Wildman–Crippen MR) is 106 cm³/mol. The molecule has 2 amide bonds. The van der Waals surface area contributed by atoms with Crippen molar-refractivity contribution in [2.24, 2.45) is 5.92 Å². The van der Waals surface area contributed by atoms with Crippen LogP contribution in [-0.4, -0.2) is 55.8 Å². The molecule has 29 heavy (non-hydrogen) atoms. The van der Waals surface area contributed by atoms with E-state index in [0.717, 1.165) is 31.2 Å². The van der Waals surface area contributed by atoms with Crippen molar-refractivity contribution in [1.29, 1.82) is 0 Å². The summed E-state index contributed by atoms with van der Waals surface area (Å²) in [5.41, 5.74) is 0.850. The summed E-state index contributed by atoms with van der Waals surface area (Å²) in [5.74, 6) is -0.905. The zero-order valence-corrected chi connectivity index (χ0v) is 17.2. The Bertz CT molecular complexity index is 894. The van der Waals surface area contributed by atoms with Crippen molar-refractivity contribution in [2.45, 2.75) is 50.0 Å². The van der Waals surface area contributed by atoms with Crippen molar-refractivity contribution in [2.75, 3.05) is 24.6 Å². The number of halogens is 1. The molecule has 3 fully saturated rings. The third-order valence-corrected chi connectivity index (χ3v) is 8.55. The fourth-order valence-corrected chi connectivity index (χ4v) is 6.84. The molecule has 8 heteroatoms. The third-order valence-electron chi connectivity index (χ3n) is 6.80. The summed E-state index contributed by atoms with van der Waals surface area (Å²) >= 11 is 0. The van der Waals surface area contributed by atoms with E-state index in [1.807, 2.05) is 0 Å². The molecule has 4 rings (SSSR count). The van der Waals surface area contributed by atoms with E-state index in [2.05, 4.69) is 5.32 Å². The molecule has 1 aliphatic carbocycles. The van der Waals surface area contributed by atoms with Gasteiger partial charge in [0.25, 0.3) is 0 Å². The molecular weight excluding hydrogens is 395 g/mol. The van der Waals surface area contributed by atoms with Gasteiger partial charge in [-0.15, -0.1) is 0 Å². The number of benzene rings is 1. The normalized spacial score (nSPS) is 28.0. The van der Waals surface area contributed by atoms with Crippen LogP contribution in [0.25, 0.3) is 0 Å². The van der Waals surface area contributed by atoms with Gasteiger partial charge in [-0.1, -0.05) is 25.0 Å². The standard InChI is InChI=1S/C21H27FN2O4S/c22-17-5-3-16(4-6-17)21(8-1-2-9-21)14-23-20(26)15-11-19(25)24(12-15)18-7-10-29(27,28)13-18/h3-6,15,18H,1-2,7-14H2,(H,23,26)/t15-,18-/m1/s1. The fraction of sp³-hybridized carbons (Fsp3) is 0.619. The van der Waals surface area contributed by atoms with E-state index < -0.39 is 15.8 Å². The highest BCUT2D eigenvalue weighted by Crippen LogP contribution is 2.40. The first-order valence-electron chi connectivity index (χ1n) is 10.3. The molecule has 1 aromatic rings. The van der Waals surface area contributed by atoms with E-state index in [4.69, 9.17) is 0 Å². The third kappa shape index (κ3) is 4.17. The summed E-state index contributed by atoms with van der Waals surface area (Å²) in [5, 5.41) is 3.04. The van der Waals surface area contributed by atoms with Gasteiger partial charge in [-0.2, -0.15) is 0 Å². The minimum Gasteiger partial charge on any atom is -0.355 e. The van der Waals surface area contributed by atoms with Gasteiger partial charge in [-0.25, -0.2) is 12.8 Å². The number of amides is 2. The van der Waals surface area contributed by atoms with Crippen LogP contribution in [0.1, 0.15) is 44.1 Å². The Hall–Kier alpha value is -1.96. The number of rotatable bonds is 5. The molecular formula is C21H27FN2O4S. The van der Waals surface area contributed by atoms with Gasteiger partial charge in [0, 0.05) is 31.0 Å². The van der Waals surface area contributed by atoms with Crippen LogP contribution in [0, 0.1) is 11.7 Å². The van der Waals surface area contributed by atoms with E-state index >= 15 is 0 Å². The molecule has 0 radical (unpaired) electrons. The largest absolute Gasteiger partial charge is 0.355 e. The minimum absolute atomic E-state index is 0.000751. The van der Waals surface area contributed by atoms with Crippen LogP contribution in [0.4, 0.5) is 4.39 Å². The molecule has 2 aliphatic heterocycles. The zero-order chi connectivity index (χ0) is 20.6. The van der Waals surface area contributed by atoms with Crippen molar-refractivity contribution in [3.8, 4) is 0 Å². The van der Waals surface area contributed by atoms with E-state index in [1.165, 1.54) is 12.1 Å². The molecule has 2 heterocycles. The van der Waals surface area contributed by atoms with E-state index in [1.54, 1.807) is 17.0 Å². The maximum Gasteiger partial charge on any atom is 0.225 e. The van der Waals surface area contributed by atoms with E-state index in [9.17, 15) is 22.4 Å². The van der Waals surface area contributed by atoms with Crippen LogP contribution >= 0.6 is 0 Å². The Morgan fingerprint density at radius 1 is 1.21 bits per heavy atom. The van der Waals surface area contributed by atoms with Crippen LogP contribution in [0.2, 0.25) is 0 Å². The van der Waals surface area contributed by atoms with Crippen LogP contribution in [0.5, 0.6) is 0 Å². The first kappa shape index (κ1) is 20.3. The van der Waals surface area contributed by atoms with E-state index in [-0.39, 0.29) is 53.6 Å². The zero-order valence-electron chi connectivity index (χ0n) is 16.4. The van der Waals surface area contributed by atoms with Gasteiger partial charge >= 0.3 is 0 Å². The fourth-order valence-electron chi connectivity index (χ4n) is 5.10. The second-order valence-electron chi connectivity index (χ2n) is 8.72. The molecule has 2 atom stereocenters. The first-order valence-corrected chi connectivity index (χ1v) is 12.1. The summed E-state index contributed by atoms with van der Waals surface area (Å²) < 4.78 is 36.8. The summed E-state index contributed by atoms with van der Waals surface area (Å²) in [6, 6.07) is 6.22. The molecule has 0 spiro atoms. The number of carbonyl (C=O) groups excluding carboxylic acids is 2. The maximum absolute atomic E-state index is 13.3. The molecule has 0 bridgehead atoms. The van der Waals surface area contributed by atoms with Gasteiger partial charge in [-0.05, 0) is 37.0 Å². The number of sulfone groups is 1. The van der Waals surface area contributed by atoms with Crippen molar-refractivity contribution < 1.29 is 22.4 Å². The molecule has 2 saturated heterocycles. The lowest BCUT2D eigenvalue weighted by Crippen LogP contribution is -2.43. The van der Waals surface area contributed by atoms with Crippen molar-refractivity contribution >= 4 is 21.7 Å². The Morgan fingerprint density at radius 3 is 2.52 bits per heavy atom. The predicted octanol–water partition coefficient (Wildman–Crippen LogP) is 1.79. The molecule has 0 aromatic heterocycles. The van der Waals surface area contributed by atoms with Crippen molar-refractivity contribution in [1.82, 2.24) is 10.2 Å². The molecule has 1 aromatic carbocycles. The quantitative estimate of drug-likeness (QED) is 0.784. The topological polar surface area (TPSA) is 83.6 Å². The summed E-state index contributed by atoms with van der Waals surface area (Å²) in [6.45, 7) is 0.758. The second kappa shape index (κ2) is 7.70. The number of nitrogens with one attached hydrogen (secondary N) is 1. The SMILES string of the molecule is O=C(NCC1(c2ccc(F)cc2)CCCC1)[C@@H]1CC(=O)N([C@@H]2CCS(=O)(=O)C2)C1. The first-order chi connectivity index (χ1) is 13.8. The number of carbonyl (C=O) groups is 2. The van der Waals surface area contributed by atoms with Gasteiger partial charge in [-0.3, -0.25) is 9.59 Å². The number of likely N-dealkylation sites (tertiary alicyclic amines) is 1. The van der Waals surface area contributed by atoms with Gasteiger partial charge < -0.3 is 10.2 Å². The number of hydrogen-bond donors (Lipinski definition) is 1. The van der Waals surface area contributed by atoms with E-state index in [0.29, 0.717) is 13.0 Å². The molecule has 6 nitrogen and oxygen atoms in total. The Kier molecular flexibility index (Phi) is 5.40. The minimum atomic E-state index is -3.08. The lowest BCUT2D eigenvalue weighted by molar-refractivity contribution is -0.130. The summed E-state index contributed by atoms with van der Waals surface area (Å²) in [7, 11) is -3.08. The van der Waals surface area contributed by atoms with Crippen LogP contribution in [0.3, 0.4) is 0 Å². The van der Waals surface area contributed by atoms with Gasteiger partial charge in [0.2, 0.25) is 11.8 Å².